The number of methoxy groups -OCH3 is 1. The van der Waals surface area contributed by atoms with Gasteiger partial charge in [0.1, 0.15) is 11.6 Å². The molecule has 1 aromatic carbocycles. The number of ether oxygens (including phenoxy) is 1. The van der Waals surface area contributed by atoms with Gasteiger partial charge in [-0.05, 0) is 43.2 Å². The zero-order valence-electron chi connectivity index (χ0n) is 17.1. The Morgan fingerprint density at radius 3 is 2.41 bits per heavy atom. The lowest BCUT2D eigenvalue weighted by Gasteiger charge is -2.19. The molecule has 2 aromatic heterocycles. The highest BCUT2D eigenvalue weighted by atomic mass is 16.5. The lowest BCUT2D eigenvalue weighted by atomic mass is 10.2. The number of hydrogen-bond acceptors (Lipinski definition) is 5. The lowest BCUT2D eigenvalue weighted by molar-refractivity contribution is -0.115. The summed E-state index contributed by atoms with van der Waals surface area (Å²) in [4.78, 5) is 19.0. The smallest absolute Gasteiger partial charge is 0.230 e. The van der Waals surface area contributed by atoms with E-state index in [1.54, 1.807) is 24.1 Å². The second-order valence-electron chi connectivity index (χ2n) is 6.67. The molecule has 29 heavy (non-hydrogen) atoms. The molecule has 1 amide bonds. The highest BCUT2D eigenvalue weighted by Gasteiger charge is 2.09. The van der Waals surface area contributed by atoms with Crippen LogP contribution in [0.1, 0.15) is 25.0 Å². The van der Waals surface area contributed by atoms with Gasteiger partial charge in [0.05, 0.1) is 20.1 Å². The molecule has 0 radical (unpaired) electrons. The van der Waals surface area contributed by atoms with Crippen LogP contribution < -0.4 is 15.0 Å². The van der Waals surface area contributed by atoms with Gasteiger partial charge in [0.15, 0.2) is 5.82 Å². The van der Waals surface area contributed by atoms with E-state index >= 15 is 0 Å². The van der Waals surface area contributed by atoms with Gasteiger partial charge in [0.2, 0.25) is 5.91 Å². The van der Waals surface area contributed by atoms with Gasteiger partial charge in [-0.15, -0.1) is 0 Å². The average molecular weight is 393 g/mol. The summed E-state index contributed by atoms with van der Waals surface area (Å²) in [5.41, 5.74) is 1.97. The van der Waals surface area contributed by atoms with Crippen molar-refractivity contribution >= 4 is 17.5 Å². The normalized spacial score (nSPS) is 10.6. The summed E-state index contributed by atoms with van der Waals surface area (Å²) in [7, 11) is 1.65. The van der Waals surface area contributed by atoms with Crippen molar-refractivity contribution in [2.75, 3.05) is 30.4 Å². The van der Waals surface area contributed by atoms with Crippen molar-refractivity contribution in [2.45, 2.75) is 26.8 Å². The van der Waals surface area contributed by atoms with Crippen LogP contribution in [0, 0.1) is 0 Å². The predicted octanol–water partition coefficient (Wildman–Crippen LogP) is 3.36. The minimum Gasteiger partial charge on any atom is -0.497 e. The van der Waals surface area contributed by atoms with Gasteiger partial charge >= 0.3 is 0 Å². The molecule has 1 N–H and O–H groups in total. The van der Waals surface area contributed by atoms with Gasteiger partial charge in [-0.25, -0.2) is 4.98 Å². The van der Waals surface area contributed by atoms with Crippen LogP contribution in [0.15, 0.2) is 54.9 Å². The largest absolute Gasteiger partial charge is 0.497 e. The van der Waals surface area contributed by atoms with Crippen LogP contribution in [0.5, 0.6) is 5.75 Å². The van der Waals surface area contributed by atoms with Crippen LogP contribution >= 0.6 is 0 Å². The summed E-state index contributed by atoms with van der Waals surface area (Å²) in [5, 5.41) is 7.27. The Balaban J connectivity index is 1.54. The fraction of sp³-hybridized carbons (Fsp3) is 0.318. The maximum Gasteiger partial charge on any atom is 0.230 e. The number of benzene rings is 1. The molecule has 7 nitrogen and oxygen atoms in total. The predicted molar refractivity (Wildman–Crippen MR) is 114 cm³/mol. The zero-order chi connectivity index (χ0) is 20.6. The third-order valence-corrected chi connectivity index (χ3v) is 4.67. The average Bonchev–Trinajstić information content (AvgIpc) is 3.17. The van der Waals surface area contributed by atoms with Crippen molar-refractivity contribution in [2.24, 2.45) is 0 Å². The van der Waals surface area contributed by atoms with Crippen molar-refractivity contribution in [1.82, 2.24) is 14.8 Å². The number of carbonyl (C=O) groups excluding carboxylic acids is 1. The number of hydrogen-bond donors (Lipinski definition) is 1. The van der Waals surface area contributed by atoms with Crippen LogP contribution in [0.3, 0.4) is 0 Å². The summed E-state index contributed by atoms with van der Waals surface area (Å²) < 4.78 is 6.96. The van der Waals surface area contributed by atoms with Gasteiger partial charge in [-0.3, -0.25) is 9.48 Å². The second-order valence-corrected chi connectivity index (χ2v) is 6.67. The van der Waals surface area contributed by atoms with E-state index in [2.05, 4.69) is 34.1 Å². The van der Waals surface area contributed by atoms with Gasteiger partial charge in [-0.2, -0.15) is 5.10 Å². The summed E-state index contributed by atoms with van der Waals surface area (Å²) in [6.07, 6.45) is 3.87. The van der Waals surface area contributed by atoms with Crippen LogP contribution in [0.4, 0.5) is 11.6 Å². The van der Waals surface area contributed by atoms with Crippen molar-refractivity contribution in [3.05, 3.63) is 66.0 Å². The Hall–Kier alpha value is -3.35. The second kappa shape index (κ2) is 9.73. The number of anilines is 2. The highest BCUT2D eigenvalue weighted by Crippen LogP contribution is 2.14. The Morgan fingerprint density at radius 1 is 1.07 bits per heavy atom. The molecular weight excluding hydrogens is 366 g/mol. The van der Waals surface area contributed by atoms with E-state index in [1.165, 1.54) is 0 Å². The highest BCUT2D eigenvalue weighted by molar-refractivity contribution is 5.91. The molecule has 0 fully saturated rings. The van der Waals surface area contributed by atoms with E-state index in [4.69, 9.17) is 4.74 Å². The van der Waals surface area contributed by atoms with E-state index in [0.29, 0.717) is 12.4 Å². The van der Waals surface area contributed by atoms with Gasteiger partial charge < -0.3 is 15.0 Å². The zero-order valence-corrected chi connectivity index (χ0v) is 17.1. The number of nitrogens with zero attached hydrogens (tertiary/aromatic N) is 4. The summed E-state index contributed by atoms with van der Waals surface area (Å²) >= 11 is 0. The van der Waals surface area contributed by atoms with E-state index in [9.17, 15) is 4.79 Å². The van der Waals surface area contributed by atoms with Crippen molar-refractivity contribution < 1.29 is 9.53 Å². The molecule has 2 heterocycles. The Morgan fingerprint density at radius 2 is 1.79 bits per heavy atom. The number of aromatic nitrogens is 3. The molecule has 0 aliphatic heterocycles. The van der Waals surface area contributed by atoms with Crippen molar-refractivity contribution in [3.63, 3.8) is 0 Å². The van der Waals surface area contributed by atoms with Crippen LogP contribution in [-0.2, 0) is 17.8 Å². The van der Waals surface area contributed by atoms with E-state index in [-0.39, 0.29) is 12.3 Å². The van der Waals surface area contributed by atoms with Crippen molar-refractivity contribution in [1.29, 1.82) is 0 Å². The number of carbonyl (C=O) groups is 1. The Bertz CT molecular complexity index is 915. The minimum atomic E-state index is -0.114. The van der Waals surface area contributed by atoms with Gasteiger partial charge in [0, 0.05) is 31.5 Å². The molecule has 3 aromatic rings. The molecule has 0 saturated carbocycles. The van der Waals surface area contributed by atoms with Gasteiger partial charge in [0.25, 0.3) is 0 Å². The Labute approximate surface area is 171 Å². The topological polar surface area (TPSA) is 72.3 Å². The van der Waals surface area contributed by atoms with E-state index in [0.717, 1.165) is 35.8 Å². The molecule has 0 spiro atoms. The standard InChI is InChI=1S/C22H27N5O2/c1-4-26(5-2)21-11-8-18(15-23-21)14-22(28)24-20-12-13-27(25-20)16-17-6-9-19(29-3)10-7-17/h6-13,15H,4-5,14,16H2,1-3H3,(H,24,25,28). The monoisotopic (exact) mass is 393 g/mol. The molecule has 0 atom stereocenters. The summed E-state index contributed by atoms with van der Waals surface area (Å²) in [6.45, 7) is 6.63. The van der Waals surface area contributed by atoms with Gasteiger partial charge in [-0.1, -0.05) is 18.2 Å². The SMILES string of the molecule is CCN(CC)c1ccc(CC(=O)Nc2ccn(Cc3ccc(OC)cc3)n2)cn1. The maximum absolute atomic E-state index is 12.3. The number of nitrogens with one attached hydrogen (secondary N) is 1. The first-order valence-electron chi connectivity index (χ1n) is 9.77. The van der Waals surface area contributed by atoms with Crippen LogP contribution in [0.25, 0.3) is 0 Å². The molecule has 7 heteroatoms. The quantitative estimate of drug-likeness (QED) is 0.603. The lowest BCUT2D eigenvalue weighted by Crippen LogP contribution is -2.23. The molecule has 0 saturated heterocycles. The van der Waals surface area contributed by atoms with Crippen LogP contribution in [0.2, 0.25) is 0 Å². The van der Waals surface area contributed by atoms with E-state index < -0.39 is 0 Å². The first-order chi connectivity index (χ1) is 14.1. The molecule has 0 bridgehead atoms. The molecule has 0 aliphatic rings. The number of amides is 1. The van der Waals surface area contributed by atoms with E-state index in [1.807, 2.05) is 42.6 Å². The Kier molecular flexibility index (Phi) is 6.84. The fourth-order valence-electron chi connectivity index (χ4n) is 3.06. The fourth-order valence-corrected chi connectivity index (χ4v) is 3.06. The maximum atomic E-state index is 12.3. The third kappa shape index (κ3) is 5.57. The van der Waals surface area contributed by atoms with Crippen molar-refractivity contribution in [3.8, 4) is 5.75 Å². The summed E-state index contributed by atoms with van der Waals surface area (Å²) in [5.74, 6) is 2.17. The summed E-state index contributed by atoms with van der Waals surface area (Å²) in [6, 6.07) is 13.5. The molecule has 3 rings (SSSR count). The first kappa shape index (κ1) is 20.4. The first-order valence-corrected chi connectivity index (χ1v) is 9.77. The molecule has 0 unspecified atom stereocenters. The minimum absolute atomic E-state index is 0.114. The molecule has 0 aliphatic carbocycles. The number of pyridine rings is 1. The number of rotatable bonds is 9. The molecular formula is C22H27N5O2. The third-order valence-electron chi connectivity index (χ3n) is 4.67. The molecule has 152 valence electrons. The van der Waals surface area contributed by atoms with Crippen LogP contribution in [-0.4, -0.2) is 40.9 Å².